The molecular formula is C24H27NO3. The fraction of sp³-hybridized carbons (Fsp3) is 0.292. The Bertz CT molecular complexity index is 954. The highest BCUT2D eigenvalue weighted by Crippen LogP contribution is 2.30. The molecule has 0 radical (unpaired) electrons. The van der Waals surface area contributed by atoms with E-state index in [1.807, 2.05) is 24.3 Å². The Morgan fingerprint density at radius 2 is 1.82 bits per heavy atom. The molecule has 0 saturated heterocycles. The van der Waals surface area contributed by atoms with Gasteiger partial charge < -0.3 is 14.0 Å². The number of hydrogen-bond acceptors (Lipinski definition) is 3. The van der Waals surface area contributed by atoms with Gasteiger partial charge in [0.05, 0.1) is 0 Å². The second-order valence-electron chi connectivity index (χ2n) is 6.95. The number of rotatable bonds is 9. The number of esters is 1. The zero-order valence-corrected chi connectivity index (χ0v) is 16.6. The molecule has 4 nitrogen and oxygen atoms in total. The molecule has 0 amide bonds. The molecule has 0 N–H and O–H groups in total. The van der Waals surface area contributed by atoms with Gasteiger partial charge in [-0.3, -0.25) is 0 Å². The molecule has 0 aliphatic rings. The number of aryl methyl sites for hydroxylation is 1. The predicted molar refractivity (Wildman–Crippen MR) is 113 cm³/mol. The van der Waals surface area contributed by atoms with Crippen LogP contribution in [0.15, 0.2) is 66.7 Å². The van der Waals surface area contributed by atoms with Crippen LogP contribution in [-0.2, 0) is 16.1 Å². The molecule has 3 aromatic rings. The molecule has 0 atom stereocenters. The molecule has 2 aromatic carbocycles. The third kappa shape index (κ3) is 4.63. The maximum Gasteiger partial charge on any atom is 0.335 e. The molecule has 3 rings (SSSR count). The third-order valence-corrected chi connectivity index (χ3v) is 4.71. The van der Waals surface area contributed by atoms with Crippen LogP contribution in [0.25, 0.3) is 22.2 Å². The van der Waals surface area contributed by atoms with Crippen molar-refractivity contribution in [1.29, 1.82) is 0 Å². The number of benzene rings is 2. The van der Waals surface area contributed by atoms with Crippen molar-refractivity contribution in [3.05, 3.63) is 66.7 Å². The zero-order valence-electron chi connectivity index (χ0n) is 16.6. The van der Waals surface area contributed by atoms with Crippen LogP contribution in [0.5, 0.6) is 5.75 Å². The van der Waals surface area contributed by atoms with Crippen LogP contribution in [0.1, 0.15) is 33.1 Å². The van der Waals surface area contributed by atoms with E-state index in [0.717, 1.165) is 18.5 Å². The van der Waals surface area contributed by atoms with E-state index in [1.54, 1.807) is 6.92 Å². The number of carbonyl (C=O) groups excluding carboxylic acids is 1. The summed E-state index contributed by atoms with van der Waals surface area (Å²) in [5.74, 6) is 0.208. The first-order valence-electron chi connectivity index (χ1n) is 9.74. The van der Waals surface area contributed by atoms with Crippen LogP contribution >= 0.6 is 0 Å². The molecule has 4 heteroatoms. The first-order chi connectivity index (χ1) is 13.6. The standard InChI is InChI=1S/C24H27NO3/c1-4-5-8-15-25-22-10-7-6-9-20(22)16-23(25)19-11-13-21(14-12-19)27-17-28-24(26)18(2)3/h6-7,9-14,16H,2,4-5,8,15,17H2,1,3H3. The monoisotopic (exact) mass is 377 g/mol. The Morgan fingerprint density at radius 1 is 1.07 bits per heavy atom. The Morgan fingerprint density at radius 3 is 2.54 bits per heavy atom. The van der Waals surface area contributed by atoms with Crippen molar-refractivity contribution < 1.29 is 14.3 Å². The van der Waals surface area contributed by atoms with Gasteiger partial charge in [-0.25, -0.2) is 4.79 Å². The number of ether oxygens (including phenoxy) is 2. The average Bonchev–Trinajstić information content (AvgIpc) is 3.07. The average molecular weight is 377 g/mol. The number of fused-ring (bicyclic) bond motifs is 1. The Balaban J connectivity index is 1.77. The Hall–Kier alpha value is -3.01. The van der Waals surface area contributed by atoms with Gasteiger partial charge in [0.25, 0.3) is 0 Å². The van der Waals surface area contributed by atoms with Crippen molar-refractivity contribution in [3.8, 4) is 17.0 Å². The van der Waals surface area contributed by atoms with Gasteiger partial charge in [-0.1, -0.05) is 44.5 Å². The largest absolute Gasteiger partial charge is 0.457 e. The quantitative estimate of drug-likeness (QED) is 0.200. The minimum absolute atomic E-state index is 0.123. The van der Waals surface area contributed by atoms with Crippen LogP contribution in [0.2, 0.25) is 0 Å². The van der Waals surface area contributed by atoms with Crippen molar-refractivity contribution in [3.63, 3.8) is 0 Å². The first kappa shape index (κ1) is 19.7. The summed E-state index contributed by atoms with van der Waals surface area (Å²) in [6, 6.07) is 18.6. The number of para-hydroxylation sites is 1. The molecule has 1 aromatic heterocycles. The maximum atomic E-state index is 11.4. The van der Waals surface area contributed by atoms with E-state index in [2.05, 4.69) is 48.4 Å². The SMILES string of the molecule is C=C(C)C(=O)OCOc1ccc(-c2cc3ccccc3n2CCCCC)cc1. The van der Waals surface area contributed by atoms with E-state index < -0.39 is 5.97 Å². The molecule has 0 unspecified atom stereocenters. The van der Waals surface area contributed by atoms with Gasteiger partial charge in [0.2, 0.25) is 6.79 Å². The van der Waals surface area contributed by atoms with Crippen LogP contribution in [0.3, 0.4) is 0 Å². The van der Waals surface area contributed by atoms with Gasteiger partial charge in [0.15, 0.2) is 0 Å². The number of unbranched alkanes of at least 4 members (excludes halogenated alkanes) is 2. The third-order valence-electron chi connectivity index (χ3n) is 4.71. The zero-order chi connectivity index (χ0) is 19.9. The topological polar surface area (TPSA) is 40.5 Å². The van der Waals surface area contributed by atoms with Crippen molar-refractivity contribution >= 4 is 16.9 Å². The fourth-order valence-corrected chi connectivity index (χ4v) is 3.21. The van der Waals surface area contributed by atoms with E-state index in [4.69, 9.17) is 9.47 Å². The maximum absolute atomic E-state index is 11.4. The lowest BCUT2D eigenvalue weighted by Crippen LogP contribution is -2.10. The molecular weight excluding hydrogens is 350 g/mol. The van der Waals surface area contributed by atoms with E-state index in [-0.39, 0.29) is 6.79 Å². The van der Waals surface area contributed by atoms with E-state index >= 15 is 0 Å². The van der Waals surface area contributed by atoms with Gasteiger partial charge >= 0.3 is 5.97 Å². The van der Waals surface area contributed by atoms with Gasteiger partial charge in [0.1, 0.15) is 5.75 Å². The van der Waals surface area contributed by atoms with Crippen molar-refractivity contribution in [2.24, 2.45) is 0 Å². The molecule has 1 heterocycles. The number of carbonyl (C=O) groups is 1. The highest BCUT2D eigenvalue weighted by Gasteiger charge is 2.10. The van der Waals surface area contributed by atoms with Crippen LogP contribution in [0, 0.1) is 0 Å². The lowest BCUT2D eigenvalue weighted by molar-refractivity contribution is -0.145. The molecule has 0 fully saturated rings. The molecule has 0 saturated carbocycles. The molecule has 146 valence electrons. The summed E-state index contributed by atoms with van der Waals surface area (Å²) < 4.78 is 12.9. The van der Waals surface area contributed by atoms with Gasteiger partial charge in [-0.05, 0) is 55.3 Å². The highest BCUT2D eigenvalue weighted by molar-refractivity contribution is 5.87. The molecule has 0 aliphatic carbocycles. The number of hydrogen-bond donors (Lipinski definition) is 0. The minimum atomic E-state index is -0.451. The van der Waals surface area contributed by atoms with Gasteiger partial charge in [0, 0.05) is 28.7 Å². The lowest BCUT2D eigenvalue weighted by Gasteiger charge is -2.12. The second-order valence-corrected chi connectivity index (χ2v) is 6.95. The first-order valence-corrected chi connectivity index (χ1v) is 9.74. The predicted octanol–water partition coefficient (Wildman–Crippen LogP) is 5.95. The summed E-state index contributed by atoms with van der Waals surface area (Å²) in [6.07, 6.45) is 3.59. The van der Waals surface area contributed by atoms with E-state index in [1.165, 1.54) is 29.4 Å². The summed E-state index contributed by atoms with van der Waals surface area (Å²) in [4.78, 5) is 11.4. The van der Waals surface area contributed by atoms with Crippen LogP contribution in [-0.4, -0.2) is 17.3 Å². The van der Waals surface area contributed by atoms with Gasteiger partial charge in [-0.15, -0.1) is 0 Å². The van der Waals surface area contributed by atoms with E-state index in [9.17, 15) is 4.79 Å². The summed E-state index contributed by atoms with van der Waals surface area (Å²) in [5.41, 5.74) is 3.96. The normalized spacial score (nSPS) is 10.8. The summed E-state index contributed by atoms with van der Waals surface area (Å²) in [6.45, 7) is 8.26. The van der Waals surface area contributed by atoms with Crippen molar-refractivity contribution in [2.45, 2.75) is 39.7 Å². The Kier molecular flexibility index (Phi) is 6.53. The summed E-state index contributed by atoms with van der Waals surface area (Å²) in [7, 11) is 0. The van der Waals surface area contributed by atoms with Crippen molar-refractivity contribution in [1.82, 2.24) is 4.57 Å². The summed E-state index contributed by atoms with van der Waals surface area (Å²) in [5, 5.41) is 1.25. The molecule has 0 bridgehead atoms. The van der Waals surface area contributed by atoms with E-state index in [0.29, 0.717) is 11.3 Å². The van der Waals surface area contributed by atoms with Crippen LogP contribution in [0.4, 0.5) is 0 Å². The number of nitrogens with zero attached hydrogens (tertiary/aromatic N) is 1. The fourth-order valence-electron chi connectivity index (χ4n) is 3.21. The highest BCUT2D eigenvalue weighted by atomic mass is 16.7. The van der Waals surface area contributed by atoms with Crippen molar-refractivity contribution in [2.75, 3.05) is 6.79 Å². The molecule has 0 aliphatic heterocycles. The second kappa shape index (κ2) is 9.27. The van der Waals surface area contributed by atoms with Gasteiger partial charge in [-0.2, -0.15) is 0 Å². The Labute approximate surface area is 166 Å². The molecule has 28 heavy (non-hydrogen) atoms. The van der Waals surface area contributed by atoms with Crippen LogP contribution < -0.4 is 4.74 Å². The minimum Gasteiger partial charge on any atom is -0.457 e. The molecule has 0 spiro atoms. The number of aromatic nitrogens is 1. The summed E-state index contributed by atoms with van der Waals surface area (Å²) >= 11 is 0. The lowest BCUT2D eigenvalue weighted by atomic mass is 10.1. The smallest absolute Gasteiger partial charge is 0.335 e.